The molecule has 1 fully saturated rings. The van der Waals surface area contributed by atoms with Crippen LogP contribution < -0.4 is 10.5 Å². The van der Waals surface area contributed by atoms with Crippen molar-refractivity contribution in [3.05, 3.63) is 29.3 Å². The molecule has 0 aliphatic carbocycles. The number of aryl methyl sites for hydroxylation is 1. The highest BCUT2D eigenvalue weighted by molar-refractivity contribution is 5.45. The third kappa shape index (κ3) is 2.70. The molecule has 2 aliphatic heterocycles. The zero-order chi connectivity index (χ0) is 13.9. The van der Waals surface area contributed by atoms with E-state index >= 15 is 0 Å². The number of likely N-dealkylation sites (tertiary alicyclic amines) is 1. The molecule has 2 aliphatic rings. The van der Waals surface area contributed by atoms with Gasteiger partial charge in [0, 0.05) is 24.1 Å². The Morgan fingerprint density at radius 2 is 2.05 bits per heavy atom. The highest BCUT2D eigenvalue weighted by Crippen LogP contribution is 2.37. The number of piperidine rings is 1. The number of hydrogen-bond donors (Lipinski definition) is 1. The van der Waals surface area contributed by atoms with E-state index in [0.29, 0.717) is 5.92 Å². The summed E-state index contributed by atoms with van der Waals surface area (Å²) in [6, 6.07) is 6.52. The summed E-state index contributed by atoms with van der Waals surface area (Å²) >= 11 is 0. The SMILES string of the molecule is CCc1cccc2c1OCC(CN1CCCCC1)C2N. The Hall–Kier alpha value is -1.06. The minimum absolute atomic E-state index is 0.118. The highest BCUT2D eigenvalue weighted by atomic mass is 16.5. The Morgan fingerprint density at radius 3 is 2.80 bits per heavy atom. The van der Waals surface area contributed by atoms with Crippen LogP contribution in [0.1, 0.15) is 43.4 Å². The smallest absolute Gasteiger partial charge is 0.127 e. The molecule has 2 unspecified atom stereocenters. The summed E-state index contributed by atoms with van der Waals surface area (Å²) < 4.78 is 6.06. The first-order valence-corrected chi connectivity index (χ1v) is 8.02. The fourth-order valence-electron chi connectivity index (χ4n) is 3.51. The number of para-hydroxylation sites is 1. The van der Waals surface area contributed by atoms with Crippen molar-refractivity contribution in [1.82, 2.24) is 4.90 Å². The lowest BCUT2D eigenvalue weighted by molar-refractivity contribution is 0.125. The molecule has 110 valence electrons. The Labute approximate surface area is 122 Å². The monoisotopic (exact) mass is 274 g/mol. The number of nitrogens with two attached hydrogens (primary N) is 1. The van der Waals surface area contributed by atoms with E-state index in [4.69, 9.17) is 10.5 Å². The second-order valence-electron chi connectivity index (χ2n) is 6.15. The summed E-state index contributed by atoms with van der Waals surface area (Å²) in [5.41, 5.74) is 9.02. The molecular formula is C17H26N2O. The van der Waals surface area contributed by atoms with Gasteiger partial charge < -0.3 is 15.4 Å². The average molecular weight is 274 g/mol. The summed E-state index contributed by atoms with van der Waals surface area (Å²) in [5.74, 6) is 1.48. The lowest BCUT2D eigenvalue weighted by atomic mass is 9.88. The molecule has 0 bridgehead atoms. The van der Waals surface area contributed by atoms with E-state index in [0.717, 1.165) is 25.3 Å². The van der Waals surface area contributed by atoms with E-state index in [2.05, 4.69) is 30.0 Å². The van der Waals surface area contributed by atoms with Crippen LogP contribution in [-0.2, 0) is 6.42 Å². The molecule has 3 heteroatoms. The van der Waals surface area contributed by atoms with Gasteiger partial charge in [0.1, 0.15) is 5.75 Å². The van der Waals surface area contributed by atoms with Gasteiger partial charge in [-0.25, -0.2) is 0 Å². The molecule has 1 aromatic rings. The maximum atomic E-state index is 6.52. The molecule has 1 aromatic carbocycles. The van der Waals surface area contributed by atoms with Gasteiger partial charge in [-0.1, -0.05) is 31.5 Å². The first kappa shape index (κ1) is 13.9. The van der Waals surface area contributed by atoms with Crippen molar-refractivity contribution in [3.63, 3.8) is 0 Å². The van der Waals surface area contributed by atoms with Crippen molar-refractivity contribution in [2.75, 3.05) is 26.2 Å². The highest BCUT2D eigenvalue weighted by Gasteiger charge is 2.30. The molecule has 2 N–H and O–H groups in total. The lowest BCUT2D eigenvalue weighted by Gasteiger charge is -2.36. The van der Waals surface area contributed by atoms with Gasteiger partial charge in [-0.2, -0.15) is 0 Å². The van der Waals surface area contributed by atoms with E-state index in [1.54, 1.807) is 0 Å². The van der Waals surface area contributed by atoms with E-state index < -0.39 is 0 Å². The van der Waals surface area contributed by atoms with Crippen LogP contribution in [0.3, 0.4) is 0 Å². The number of nitrogens with zero attached hydrogens (tertiary/aromatic N) is 1. The third-order valence-electron chi connectivity index (χ3n) is 4.76. The molecule has 0 saturated carbocycles. The lowest BCUT2D eigenvalue weighted by Crippen LogP contribution is -2.42. The fraction of sp³-hybridized carbons (Fsp3) is 0.647. The van der Waals surface area contributed by atoms with Crippen molar-refractivity contribution in [3.8, 4) is 5.75 Å². The minimum Gasteiger partial charge on any atom is -0.493 e. The summed E-state index contributed by atoms with van der Waals surface area (Å²) in [6.45, 7) is 6.47. The van der Waals surface area contributed by atoms with Crippen LogP contribution in [0.25, 0.3) is 0 Å². The summed E-state index contributed by atoms with van der Waals surface area (Å²) in [7, 11) is 0. The van der Waals surface area contributed by atoms with E-state index in [9.17, 15) is 0 Å². The van der Waals surface area contributed by atoms with Gasteiger partial charge in [-0.05, 0) is 37.9 Å². The van der Waals surface area contributed by atoms with Gasteiger partial charge in [0.2, 0.25) is 0 Å². The Bertz CT molecular complexity index is 454. The zero-order valence-electron chi connectivity index (χ0n) is 12.5. The summed E-state index contributed by atoms with van der Waals surface area (Å²) in [6.07, 6.45) is 5.05. The van der Waals surface area contributed by atoms with Gasteiger partial charge in [0.15, 0.2) is 0 Å². The number of fused-ring (bicyclic) bond motifs is 1. The van der Waals surface area contributed by atoms with Crippen molar-refractivity contribution in [2.45, 2.75) is 38.6 Å². The molecule has 0 aromatic heterocycles. The number of benzene rings is 1. The van der Waals surface area contributed by atoms with Gasteiger partial charge in [-0.3, -0.25) is 0 Å². The number of rotatable bonds is 3. The molecule has 2 heterocycles. The molecule has 0 spiro atoms. The molecule has 0 radical (unpaired) electrons. The molecule has 2 atom stereocenters. The van der Waals surface area contributed by atoms with Crippen LogP contribution in [0.2, 0.25) is 0 Å². The van der Waals surface area contributed by atoms with E-state index in [1.165, 1.54) is 43.5 Å². The molecular weight excluding hydrogens is 248 g/mol. The molecule has 1 saturated heterocycles. The van der Waals surface area contributed by atoms with E-state index in [1.807, 2.05) is 0 Å². The first-order valence-electron chi connectivity index (χ1n) is 8.02. The van der Waals surface area contributed by atoms with Crippen LogP contribution in [-0.4, -0.2) is 31.1 Å². The number of hydrogen-bond acceptors (Lipinski definition) is 3. The molecule has 3 nitrogen and oxygen atoms in total. The van der Waals surface area contributed by atoms with E-state index in [-0.39, 0.29) is 6.04 Å². The molecule has 20 heavy (non-hydrogen) atoms. The first-order chi connectivity index (χ1) is 9.79. The third-order valence-corrected chi connectivity index (χ3v) is 4.76. The Morgan fingerprint density at radius 1 is 1.25 bits per heavy atom. The summed E-state index contributed by atoms with van der Waals surface area (Å²) in [4.78, 5) is 2.56. The normalized spacial score (nSPS) is 26.9. The second kappa shape index (κ2) is 6.15. The van der Waals surface area contributed by atoms with Crippen molar-refractivity contribution < 1.29 is 4.74 Å². The minimum atomic E-state index is 0.118. The Balaban J connectivity index is 1.73. The number of ether oxygens (including phenoxy) is 1. The van der Waals surface area contributed by atoms with Crippen LogP contribution in [0.15, 0.2) is 18.2 Å². The predicted molar refractivity (Wildman–Crippen MR) is 82.0 cm³/mol. The van der Waals surface area contributed by atoms with Gasteiger partial charge in [-0.15, -0.1) is 0 Å². The van der Waals surface area contributed by atoms with Crippen LogP contribution >= 0.6 is 0 Å². The average Bonchev–Trinajstić information content (AvgIpc) is 2.51. The largest absolute Gasteiger partial charge is 0.493 e. The predicted octanol–water partition coefficient (Wildman–Crippen LogP) is 2.74. The van der Waals surface area contributed by atoms with Crippen LogP contribution in [0.4, 0.5) is 0 Å². The standard InChI is InChI=1S/C17H26N2O/c1-2-13-7-6-8-15-16(18)14(12-20-17(13)15)11-19-9-4-3-5-10-19/h6-8,14,16H,2-5,9-12,18H2,1H3. The van der Waals surface area contributed by atoms with Gasteiger partial charge in [0.25, 0.3) is 0 Å². The second-order valence-corrected chi connectivity index (χ2v) is 6.15. The Kier molecular flexibility index (Phi) is 4.27. The fourth-order valence-corrected chi connectivity index (χ4v) is 3.51. The quantitative estimate of drug-likeness (QED) is 0.921. The van der Waals surface area contributed by atoms with Crippen molar-refractivity contribution in [1.29, 1.82) is 0 Å². The van der Waals surface area contributed by atoms with Gasteiger partial charge >= 0.3 is 0 Å². The van der Waals surface area contributed by atoms with Crippen molar-refractivity contribution in [2.24, 2.45) is 11.7 Å². The molecule has 3 rings (SSSR count). The van der Waals surface area contributed by atoms with Crippen LogP contribution in [0, 0.1) is 5.92 Å². The topological polar surface area (TPSA) is 38.5 Å². The van der Waals surface area contributed by atoms with Crippen LogP contribution in [0.5, 0.6) is 5.75 Å². The maximum absolute atomic E-state index is 6.52. The van der Waals surface area contributed by atoms with Crippen molar-refractivity contribution >= 4 is 0 Å². The zero-order valence-corrected chi connectivity index (χ0v) is 12.5. The maximum Gasteiger partial charge on any atom is 0.127 e. The van der Waals surface area contributed by atoms with Gasteiger partial charge in [0.05, 0.1) is 6.61 Å². The molecule has 0 amide bonds. The summed E-state index contributed by atoms with van der Waals surface area (Å²) in [5, 5.41) is 0.